The molecule has 2 rings (SSSR count). The Bertz CT molecular complexity index is 576. The lowest BCUT2D eigenvalue weighted by Gasteiger charge is -2.31. The van der Waals surface area contributed by atoms with Crippen molar-refractivity contribution in [1.29, 1.82) is 0 Å². The molecule has 7 heteroatoms. The van der Waals surface area contributed by atoms with Gasteiger partial charge in [-0.2, -0.15) is 0 Å². The van der Waals surface area contributed by atoms with Crippen LogP contribution in [0.15, 0.2) is 18.2 Å². The van der Waals surface area contributed by atoms with Crippen LogP contribution in [0.4, 0.5) is 4.39 Å². The third-order valence-electron chi connectivity index (χ3n) is 2.85. The van der Waals surface area contributed by atoms with Gasteiger partial charge in [0.15, 0.2) is 0 Å². The van der Waals surface area contributed by atoms with E-state index in [-0.39, 0.29) is 12.1 Å². The lowest BCUT2D eigenvalue weighted by atomic mass is 10.1. The quantitative estimate of drug-likeness (QED) is 0.586. The zero-order chi connectivity index (χ0) is 14.2. The summed E-state index contributed by atoms with van der Waals surface area (Å²) < 4.78 is 13.4. The standard InChI is InChI=1S/C12H10FIN2O3/c1-6-11(18)15-10(17)5-16(6)12(19)8-3-2-7(13)4-9(8)14/h2-4,6H,5H2,1H3,(H,15,17,18). The summed E-state index contributed by atoms with van der Waals surface area (Å²) in [5.41, 5.74) is 0.274. The lowest BCUT2D eigenvalue weighted by Crippen LogP contribution is -2.58. The Morgan fingerprint density at radius 3 is 2.79 bits per heavy atom. The van der Waals surface area contributed by atoms with Gasteiger partial charge in [-0.1, -0.05) is 0 Å². The average molecular weight is 376 g/mol. The van der Waals surface area contributed by atoms with Crippen LogP contribution >= 0.6 is 22.6 Å². The molecule has 1 aromatic carbocycles. The highest BCUT2D eigenvalue weighted by atomic mass is 127. The fourth-order valence-electron chi connectivity index (χ4n) is 1.78. The van der Waals surface area contributed by atoms with Gasteiger partial charge < -0.3 is 4.90 Å². The SMILES string of the molecule is CC1C(=O)NC(=O)CN1C(=O)c1ccc(F)cc1I. The first-order chi connectivity index (χ1) is 8.90. The van der Waals surface area contributed by atoms with Crippen molar-refractivity contribution in [2.24, 2.45) is 0 Å². The van der Waals surface area contributed by atoms with Gasteiger partial charge in [0.2, 0.25) is 11.8 Å². The van der Waals surface area contributed by atoms with E-state index in [2.05, 4.69) is 5.32 Å². The van der Waals surface area contributed by atoms with Gasteiger partial charge in [-0.05, 0) is 47.7 Å². The van der Waals surface area contributed by atoms with Gasteiger partial charge in [-0.25, -0.2) is 4.39 Å². The predicted molar refractivity (Wildman–Crippen MR) is 72.8 cm³/mol. The van der Waals surface area contributed by atoms with Crippen molar-refractivity contribution in [1.82, 2.24) is 10.2 Å². The van der Waals surface area contributed by atoms with Crippen LogP contribution in [0.3, 0.4) is 0 Å². The monoisotopic (exact) mass is 376 g/mol. The molecule has 0 radical (unpaired) electrons. The van der Waals surface area contributed by atoms with Gasteiger partial charge in [0.25, 0.3) is 5.91 Å². The van der Waals surface area contributed by atoms with Gasteiger partial charge in [0, 0.05) is 3.57 Å². The number of rotatable bonds is 1. The second kappa shape index (κ2) is 5.24. The molecule has 1 aliphatic heterocycles. The van der Waals surface area contributed by atoms with Crippen LogP contribution < -0.4 is 5.32 Å². The molecule has 1 heterocycles. The van der Waals surface area contributed by atoms with Crippen LogP contribution in [0.1, 0.15) is 17.3 Å². The molecule has 0 spiro atoms. The van der Waals surface area contributed by atoms with E-state index in [1.54, 1.807) is 0 Å². The number of benzene rings is 1. The number of nitrogens with zero attached hydrogens (tertiary/aromatic N) is 1. The number of amides is 3. The first kappa shape index (κ1) is 13.9. The summed E-state index contributed by atoms with van der Waals surface area (Å²) in [6.45, 7) is 1.36. The van der Waals surface area contributed by atoms with E-state index in [0.717, 1.165) is 0 Å². The van der Waals surface area contributed by atoms with Gasteiger partial charge >= 0.3 is 0 Å². The largest absolute Gasteiger partial charge is 0.318 e. The number of piperazine rings is 1. The van der Waals surface area contributed by atoms with Crippen LogP contribution in [0.5, 0.6) is 0 Å². The molecule has 1 fully saturated rings. The molecule has 1 unspecified atom stereocenters. The van der Waals surface area contributed by atoms with E-state index in [0.29, 0.717) is 3.57 Å². The summed E-state index contributed by atoms with van der Waals surface area (Å²) in [5.74, 6) is -1.93. The number of carbonyl (C=O) groups is 3. The van der Waals surface area contributed by atoms with Crippen LogP contribution in [0, 0.1) is 9.39 Å². The normalized spacial score (nSPS) is 19.3. The summed E-state index contributed by atoms with van der Waals surface area (Å²) >= 11 is 1.84. The summed E-state index contributed by atoms with van der Waals surface area (Å²) in [4.78, 5) is 36.3. The minimum Gasteiger partial charge on any atom is -0.318 e. The molecular weight excluding hydrogens is 366 g/mol. The smallest absolute Gasteiger partial charge is 0.256 e. The van der Waals surface area contributed by atoms with Crippen LogP contribution in [0.2, 0.25) is 0 Å². The van der Waals surface area contributed by atoms with Crippen molar-refractivity contribution >= 4 is 40.3 Å². The highest BCUT2D eigenvalue weighted by Crippen LogP contribution is 2.18. The predicted octanol–water partition coefficient (Wildman–Crippen LogP) is 0.917. The zero-order valence-corrected chi connectivity index (χ0v) is 12.1. The fourth-order valence-corrected chi connectivity index (χ4v) is 2.49. The van der Waals surface area contributed by atoms with Crippen molar-refractivity contribution in [2.75, 3.05) is 6.54 Å². The van der Waals surface area contributed by atoms with E-state index in [1.807, 2.05) is 22.6 Å². The summed E-state index contributed by atoms with van der Waals surface area (Å²) in [6, 6.07) is 3.02. The highest BCUT2D eigenvalue weighted by molar-refractivity contribution is 14.1. The molecule has 19 heavy (non-hydrogen) atoms. The molecule has 0 aliphatic carbocycles. The fraction of sp³-hybridized carbons (Fsp3) is 0.250. The highest BCUT2D eigenvalue weighted by Gasteiger charge is 2.34. The summed E-state index contributed by atoms with van der Waals surface area (Å²) in [6.07, 6.45) is 0. The number of hydrogen-bond acceptors (Lipinski definition) is 3. The van der Waals surface area contributed by atoms with Gasteiger partial charge in [-0.15, -0.1) is 0 Å². The van der Waals surface area contributed by atoms with Crippen LogP contribution in [-0.4, -0.2) is 35.2 Å². The Kier molecular flexibility index (Phi) is 3.83. The molecule has 1 N–H and O–H groups in total. The molecule has 5 nitrogen and oxygen atoms in total. The Balaban J connectivity index is 2.32. The van der Waals surface area contributed by atoms with Crippen LogP contribution in [-0.2, 0) is 9.59 Å². The molecular formula is C12H10FIN2O3. The van der Waals surface area contributed by atoms with Crippen molar-refractivity contribution < 1.29 is 18.8 Å². The topological polar surface area (TPSA) is 66.5 Å². The minimum atomic E-state index is -0.731. The Hall–Kier alpha value is -1.51. The maximum absolute atomic E-state index is 13.0. The third kappa shape index (κ3) is 2.75. The third-order valence-corrected chi connectivity index (χ3v) is 3.74. The average Bonchev–Trinajstić information content (AvgIpc) is 2.33. The van der Waals surface area contributed by atoms with Crippen molar-refractivity contribution in [3.8, 4) is 0 Å². The number of hydrogen-bond donors (Lipinski definition) is 1. The first-order valence-corrected chi connectivity index (χ1v) is 6.57. The van der Waals surface area contributed by atoms with Gasteiger partial charge in [0.05, 0.1) is 5.56 Å². The molecule has 100 valence electrons. The molecule has 1 aromatic rings. The van der Waals surface area contributed by atoms with Gasteiger partial charge in [-0.3, -0.25) is 19.7 Å². The maximum atomic E-state index is 13.0. The molecule has 0 saturated carbocycles. The number of nitrogens with one attached hydrogen (secondary N) is 1. The van der Waals surface area contributed by atoms with Crippen molar-refractivity contribution in [2.45, 2.75) is 13.0 Å². The van der Waals surface area contributed by atoms with Crippen molar-refractivity contribution in [3.05, 3.63) is 33.1 Å². The van der Waals surface area contributed by atoms with Crippen LogP contribution in [0.25, 0.3) is 0 Å². The summed E-state index contributed by atoms with van der Waals surface area (Å²) in [5, 5.41) is 2.16. The van der Waals surface area contributed by atoms with E-state index < -0.39 is 29.6 Å². The second-order valence-corrected chi connectivity index (χ2v) is 5.31. The minimum absolute atomic E-state index is 0.181. The van der Waals surface area contributed by atoms with Gasteiger partial charge in [0.1, 0.15) is 18.4 Å². The number of carbonyl (C=O) groups excluding carboxylic acids is 3. The van der Waals surface area contributed by atoms with Crippen molar-refractivity contribution in [3.63, 3.8) is 0 Å². The van der Waals surface area contributed by atoms with E-state index in [4.69, 9.17) is 0 Å². The Morgan fingerprint density at radius 2 is 2.16 bits per heavy atom. The molecule has 0 aromatic heterocycles. The molecule has 0 bridgehead atoms. The molecule has 1 saturated heterocycles. The number of halogens is 2. The molecule has 1 aliphatic rings. The number of imide groups is 1. The zero-order valence-electron chi connectivity index (χ0n) is 9.94. The maximum Gasteiger partial charge on any atom is 0.256 e. The van der Waals surface area contributed by atoms with E-state index >= 15 is 0 Å². The Labute approximate surface area is 122 Å². The molecule has 3 amide bonds. The van der Waals surface area contributed by atoms with E-state index in [1.165, 1.54) is 30.0 Å². The Morgan fingerprint density at radius 1 is 1.47 bits per heavy atom. The van der Waals surface area contributed by atoms with E-state index in [9.17, 15) is 18.8 Å². The lowest BCUT2D eigenvalue weighted by molar-refractivity contribution is -0.138. The first-order valence-electron chi connectivity index (χ1n) is 5.50. The second-order valence-electron chi connectivity index (χ2n) is 4.15. The molecule has 1 atom stereocenters. The summed E-state index contributed by atoms with van der Waals surface area (Å²) in [7, 11) is 0.